The van der Waals surface area contributed by atoms with Crippen LogP contribution in [0.15, 0.2) is 40.6 Å². The largest absolute Gasteiger partial charge is 0.316 e. The third-order valence-electron chi connectivity index (χ3n) is 2.93. The van der Waals surface area contributed by atoms with Crippen molar-refractivity contribution in [3.63, 3.8) is 0 Å². The monoisotopic (exact) mass is 328 g/mol. The fraction of sp³-hybridized carbons (Fsp3) is 0.286. The lowest BCUT2D eigenvalue weighted by atomic mass is 10.2. The van der Waals surface area contributed by atoms with E-state index >= 15 is 0 Å². The first-order valence-corrected chi connectivity index (χ1v) is 8.84. The zero-order valence-electron chi connectivity index (χ0n) is 11.6. The van der Waals surface area contributed by atoms with Crippen LogP contribution < -0.4 is 10.0 Å². The Kier molecular flexibility index (Phi) is 5.46. The smallest absolute Gasteiger partial charge is 0.241 e. The molecule has 1 aromatic heterocycles. The van der Waals surface area contributed by atoms with E-state index in [-0.39, 0.29) is 4.90 Å². The maximum absolute atomic E-state index is 13.4. The van der Waals surface area contributed by atoms with E-state index in [0.717, 1.165) is 10.9 Å². The molecule has 0 aliphatic carbocycles. The quantitative estimate of drug-likeness (QED) is 0.818. The van der Waals surface area contributed by atoms with Crippen molar-refractivity contribution in [2.24, 2.45) is 0 Å². The van der Waals surface area contributed by atoms with E-state index in [2.05, 4.69) is 10.0 Å². The molecule has 0 spiro atoms. The molecule has 1 heterocycles. The third-order valence-corrected chi connectivity index (χ3v) is 5.41. The Balaban J connectivity index is 2.12. The lowest BCUT2D eigenvalue weighted by Gasteiger charge is -2.11. The first-order chi connectivity index (χ1) is 10.0. The first-order valence-electron chi connectivity index (χ1n) is 6.48. The summed E-state index contributed by atoms with van der Waals surface area (Å²) in [6, 6.07) is 7.68. The van der Waals surface area contributed by atoms with E-state index in [1.54, 1.807) is 18.4 Å². The molecule has 114 valence electrons. The second-order valence-electron chi connectivity index (χ2n) is 4.51. The standard InChI is InChI=1S/C14H17FN2O2S2/c1-16-10-11-4-5-12(15)9-14(11)21(18,19)17-7-6-13-3-2-8-20-13/h2-5,8-9,16-17H,6-7,10H2,1H3. The SMILES string of the molecule is CNCc1ccc(F)cc1S(=O)(=O)NCCc1cccs1. The Morgan fingerprint density at radius 3 is 2.76 bits per heavy atom. The van der Waals surface area contributed by atoms with Crippen LogP contribution in [-0.4, -0.2) is 22.0 Å². The summed E-state index contributed by atoms with van der Waals surface area (Å²) in [7, 11) is -2.00. The molecule has 0 radical (unpaired) electrons. The van der Waals surface area contributed by atoms with Crippen molar-refractivity contribution in [3.8, 4) is 0 Å². The average Bonchev–Trinajstić information content (AvgIpc) is 2.94. The zero-order valence-corrected chi connectivity index (χ0v) is 13.2. The van der Waals surface area contributed by atoms with E-state index in [1.165, 1.54) is 12.1 Å². The highest BCUT2D eigenvalue weighted by atomic mass is 32.2. The van der Waals surface area contributed by atoms with Crippen LogP contribution in [0.1, 0.15) is 10.4 Å². The number of thiophene rings is 1. The van der Waals surface area contributed by atoms with Crippen molar-refractivity contribution >= 4 is 21.4 Å². The van der Waals surface area contributed by atoms with Gasteiger partial charge in [-0.2, -0.15) is 0 Å². The number of hydrogen-bond acceptors (Lipinski definition) is 4. The Bertz CT molecular complexity index is 685. The predicted octanol–water partition coefficient (Wildman–Crippen LogP) is 2.13. The molecular formula is C14H17FN2O2S2. The average molecular weight is 328 g/mol. The summed E-state index contributed by atoms with van der Waals surface area (Å²) in [6.45, 7) is 0.653. The lowest BCUT2D eigenvalue weighted by molar-refractivity contribution is 0.575. The van der Waals surface area contributed by atoms with Crippen molar-refractivity contribution in [2.75, 3.05) is 13.6 Å². The number of benzene rings is 1. The molecule has 2 aromatic rings. The highest BCUT2D eigenvalue weighted by Gasteiger charge is 2.18. The summed E-state index contributed by atoms with van der Waals surface area (Å²) in [5.74, 6) is -0.562. The molecule has 0 atom stereocenters. The van der Waals surface area contributed by atoms with Crippen LogP contribution in [0.25, 0.3) is 0 Å². The van der Waals surface area contributed by atoms with Crippen LogP contribution in [0.5, 0.6) is 0 Å². The van der Waals surface area contributed by atoms with Crippen molar-refractivity contribution in [3.05, 3.63) is 52.0 Å². The van der Waals surface area contributed by atoms with Gasteiger partial charge in [-0.05, 0) is 42.6 Å². The fourth-order valence-electron chi connectivity index (χ4n) is 1.96. The number of sulfonamides is 1. The second-order valence-corrected chi connectivity index (χ2v) is 7.28. The molecule has 0 unspecified atom stereocenters. The molecule has 7 heteroatoms. The maximum Gasteiger partial charge on any atom is 0.241 e. The number of nitrogens with one attached hydrogen (secondary N) is 2. The van der Waals surface area contributed by atoms with E-state index in [0.29, 0.717) is 25.1 Å². The van der Waals surface area contributed by atoms with Crippen molar-refractivity contribution in [2.45, 2.75) is 17.9 Å². The summed E-state index contributed by atoms with van der Waals surface area (Å²) in [6.07, 6.45) is 0.619. The summed E-state index contributed by atoms with van der Waals surface area (Å²) in [4.78, 5) is 1.09. The molecular weight excluding hydrogens is 311 g/mol. The molecule has 0 bridgehead atoms. The summed E-state index contributed by atoms with van der Waals surface area (Å²) < 4.78 is 40.5. The van der Waals surface area contributed by atoms with Gasteiger partial charge in [-0.15, -0.1) is 11.3 Å². The minimum atomic E-state index is -3.71. The molecule has 0 aliphatic heterocycles. The van der Waals surface area contributed by atoms with Gasteiger partial charge in [-0.1, -0.05) is 12.1 Å². The normalized spacial score (nSPS) is 11.7. The highest BCUT2D eigenvalue weighted by molar-refractivity contribution is 7.89. The van der Waals surface area contributed by atoms with Gasteiger partial charge in [0, 0.05) is 18.0 Å². The van der Waals surface area contributed by atoms with Gasteiger partial charge in [-0.25, -0.2) is 17.5 Å². The van der Waals surface area contributed by atoms with Gasteiger partial charge in [0.2, 0.25) is 10.0 Å². The minimum absolute atomic E-state index is 0.0111. The Morgan fingerprint density at radius 2 is 2.10 bits per heavy atom. The van der Waals surface area contributed by atoms with Gasteiger partial charge in [0.05, 0.1) is 4.90 Å². The highest BCUT2D eigenvalue weighted by Crippen LogP contribution is 2.17. The van der Waals surface area contributed by atoms with Crippen LogP contribution >= 0.6 is 11.3 Å². The van der Waals surface area contributed by atoms with E-state index in [4.69, 9.17) is 0 Å². The number of rotatable bonds is 7. The Morgan fingerprint density at radius 1 is 1.29 bits per heavy atom. The second kappa shape index (κ2) is 7.13. The van der Waals surface area contributed by atoms with E-state index in [9.17, 15) is 12.8 Å². The minimum Gasteiger partial charge on any atom is -0.316 e. The van der Waals surface area contributed by atoms with Gasteiger partial charge in [0.1, 0.15) is 5.82 Å². The Labute approximate surface area is 128 Å². The van der Waals surface area contributed by atoms with Crippen LogP contribution in [0, 0.1) is 5.82 Å². The summed E-state index contributed by atoms with van der Waals surface area (Å²) in [5.41, 5.74) is 0.544. The number of halogens is 1. The molecule has 0 saturated heterocycles. The van der Waals surface area contributed by atoms with Gasteiger partial charge in [0.25, 0.3) is 0 Å². The third kappa shape index (κ3) is 4.34. The van der Waals surface area contributed by atoms with Crippen LogP contribution in [0.4, 0.5) is 4.39 Å². The summed E-state index contributed by atoms with van der Waals surface area (Å²) in [5, 5.41) is 4.83. The predicted molar refractivity (Wildman–Crippen MR) is 82.4 cm³/mol. The fourth-order valence-corrected chi connectivity index (χ4v) is 3.94. The van der Waals surface area contributed by atoms with Gasteiger partial charge >= 0.3 is 0 Å². The lowest BCUT2D eigenvalue weighted by Crippen LogP contribution is -2.27. The van der Waals surface area contributed by atoms with Crippen LogP contribution in [-0.2, 0) is 23.0 Å². The molecule has 2 rings (SSSR count). The van der Waals surface area contributed by atoms with E-state index in [1.807, 2.05) is 17.5 Å². The van der Waals surface area contributed by atoms with Crippen LogP contribution in [0.3, 0.4) is 0 Å². The van der Waals surface area contributed by atoms with Crippen LogP contribution in [0.2, 0.25) is 0 Å². The molecule has 0 amide bonds. The molecule has 2 N–H and O–H groups in total. The van der Waals surface area contributed by atoms with E-state index < -0.39 is 15.8 Å². The molecule has 0 fully saturated rings. The molecule has 1 aromatic carbocycles. The Hall–Kier alpha value is -1.28. The maximum atomic E-state index is 13.4. The molecule has 21 heavy (non-hydrogen) atoms. The molecule has 4 nitrogen and oxygen atoms in total. The first kappa shape index (κ1) is 16.1. The zero-order chi connectivity index (χ0) is 15.3. The van der Waals surface area contributed by atoms with Gasteiger partial charge in [0.15, 0.2) is 0 Å². The van der Waals surface area contributed by atoms with Gasteiger partial charge < -0.3 is 5.32 Å². The van der Waals surface area contributed by atoms with Crippen molar-refractivity contribution in [1.82, 2.24) is 10.0 Å². The molecule has 0 saturated carbocycles. The van der Waals surface area contributed by atoms with Gasteiger partial charge in [-0.3, -0.25) is 0 Å². The topological polar surface area (TPSA) is 58.2 Å². The van der Waals surface area contributed by atoms with Crippen molar-refractivity contribution < 1.29 is 12.8 Å². The number of hydrogen-bond donors (Lipinski definition) is 2. The van der Waals surface area contributed by atoms with Crippen molar-refractivity contribution in [1.29, 1.82) is 0 Å². The molecule has 0 aliphatic rings. The summed E-state index contributed by atoms with van der Waals surface area (Å²) >= 11 is 1.58.